The summed E-state index contributed by atoms with van der Waals surface area (Å²) >= 11 is 0. The Morgan fingerprint density at radius 1 is 1.05 bits per heavy atom. The van der Waals surface area contributed by atoms with Crippen LogP contribution in [-0.2, 0) is 0 Å². The van der Waals surface area contributed by atoms with Crippen molar-refractivity contribution >= 4 is 5.69 Å². The molecule has 1 fully saturated rings. The molecule has 0 bridgehead atoms. The molecular formula is C18H23N3. The summed E-state index contributed by atoms with van der Waals surface area (Å²) in [5, 5.41) is 3.77. The van der Waals surface area contributed by atoms with Gasteiger partial charge in [0.1, 0.15) is 0 Å². The molecule has 2 heterocycles. The highest BCUT2D eigenvalue weighted by Crippen LogP contribution is 2.21. The first kappa shape index (κ1) is 14.1. The predicted octanol–water partition coefficient (Wildman–Crippen LogP) is 3.40. The van der Waals surface area contributed by atoms with E-state index < -0.39 is 0 Å². The van der Waals surface area contributed by atoms with Crippen molar-refractivity contribution in [2.75, 3.05) is 18.0 Å². The molecule has 21 heavy (non-hydrogen) atoms. The van der Waals surface area contributed by atoms with Crippen molar-refractivity contribution in [3.05, 3.63) is 60.4 Å². The second-order valence-corrected chi connectivity index (χ2v) is 5.77. The SMILES string of the molecule is CC(NC1CCN(c2ccncc2)CC1)c1ccccc1. The lowest BCUT2D eigenvalue weighted by molar-refractivity contribution is 0.381. The molecule has 0 aliphatic carbocycles. The maximum absolute atomic E-state index is 4.09. The van der Waals surface area contributed by atoms with Crippen LogP contribution in [0.2, 0.25) is 0 Å². The summed E-state index contributed by atoms with van der Waals surface area (Å²) in [5.41, 5.74) is 2.66. The number of hydrogen-bond acceptors (Lipinski definition) is 3. The fourth-order valence-electron chi connectivity index (χ4n) is 3.05. The maximum Gasteiger partial charge on any atom is 0.0397 e. The number of rotatable bonds is 4. The van der Waals surface area contributed by atoms with Crippen molar-refractivity contribution in [1.82, 2.24) is 10.3 Å². The lowest BCUT2D eigenvalue weighted by Gasteiger charge is -2.35. The Bertz CT molecular complexity index is 533. The molecule has 0 amide bonds. The molecule has 0 saturated carbocycles. The first-order valence-electron chi connectivity index (χ1n) is 7.79. The van der Waals surface area contributed by atoms with E-state index >= 15 is 0 Å². The average molecular weight is 281 g/mol. The molecule has 1 saturated heterocycles. The molecule has 0 spiro atoms. The highest BCUT2D eigenvalue weighted by molar-refractivity contribution is 5.44. The minimum atomic E-state index is 0.420. The van der Waals surface area contributed by atoms with Gasteiger partial charge in [0.05, 0.1) is 0 Å². The molecule has 0 radical (unpaired) electrons. The van der Waals surface area contributed by atoms with Gasteiger partial charge in [-0.1, -0.05) is 30.3 Å². The summed E-state index contributed by atoms with van der Waals surface area (Å²) in [4.78, 5) is 6.54. The van der Waals surface area contributed by atoms with Crippen LogP contribution in [0.4, 0.5) is 5.69 Å². The number of hydrogen-bond donors (Lipinski definition) is 1. The number of nitrogens with zero attached hydrogens (tertiary/aromatic N) is 2. The van der Waals surface area contributed by atoms with Gasteiger partial charge in [0.15, 0.2) is 0 Å². The van der Waals surface area contributed by atoms with Gasteiger partial charge in [0.25, 0.3) is 0 Å². The van der Waals surface area contributed by atoms with Crippen molar-refractivity contribution in [2.24, 2.45) is 0 Å². The van der Waals surface area contributed by atoms with Crippen LogP contribution < -0.4 is 10.2 Å². The molecule has 3 rings (SSSR count). The van der Waals surface area contributed by atoms with E-state index in [1.165, 1.54) is 24.1 Å². The van der Waals surface area contributed by atoms with Gasteiger partial charge in [-0.05, 0) is 37.5 Å². The summed E-state index contributed by atoms with van der Waals surface area (Å²) in [7, 11) is 0. The van der Waals surface area contributed by atoms with Gasteiger partial charge in [-0.3, -0.25) is 4.98 Å². The van der Waals surface area contributed by atoms with Crippen molar-refractivity contribution in [2.45, 2.75) is 31.8 Å². The zero-order chi connectivity index (χ0) is 14.5. The molecular weight excluding hydrogens is 258 g/mol. The highest BCUT2D eigenvalue weighted by Gasteiger charge is 2.20. The largest absolute Gasteiger partial charge is 0.371 e. The third-order valence-corrected chi connectivity index (χ3v) is 4.31. The topological polar surface area (TPSA) is 28.2 Å². The third-order valence-electron chi connectivity index (χ3n) is 4.31. The molecule has 3 heteroatoms. The van der Waals surface area contributed by atoms with Crippen molar-refractivity contribution in [3.8, 4) is 0 Å². The Morgan fingerprint density at radius 3 is 2.38 bits per heavy atom. The zero-order valence-electron chi connectivity index (χ0n) is 12.6. The van der Waals surface area contributed by atoms with Crippen LogP contribution in [0.1, 0.15) is 31.4 Å². The lowest BCUT2D eigenvalue weighted by Crippen LogP contribution is -2.43. The number of aromatic nitrogens is 1. The van der Waals surface area contributed by atoms with Crippen LogP contribution in [0.5, 0.6) is 0 Å². The molecule has 1 N–H and O–H groups in total. The van der Waals surface area contributed by atoms with E-state index in [2.05, 4.69) is 64.6 Å². The van der Waals surface area contributed by atoms with E-state index in [0.29, 0.717) is 12.1 Å². The monoisotopic (exact) mass is 281 g/mol. The van der Waals surface area contributed by atoms with Crippen LogP contribution in [-0.4, -0.2) is 24.1 Å². The van der Waals surface area contributed by atoms with Crippen molar-refractivity contribution in [1.29, 1.82) is 0 Å². The normalized spacial score (nSPS) is 17.7. The third kappa shape index (κ3) is 3.61. The van der Waals surface area contributed by atoms with Gasteiger partial charge in [0.2, 0.25) is 0 Å². The van der Waals surface area contributed by atoms with Crippen LogP contribution in [0, 0.1) is 0 Å². The van der Waals surface area contributed by atoms with Crippen LogP contribution in [0.15, 0.2) is 54.9 Å². The zero-order valence-corrected chi connectivity index (χ0v) is 12.6. The average Bonchev–Trinajstić information content (AvgIpc) is 2.57. The molecule has 1 unspecified atom stereocenters. The van der Waals surface area contributed by atoms with E-state index in [0.717, 1.165) is 13.1 Å². The first-order chi connectivity index (χ1) is 10.3. The molecule has 110 valence electrons. The maximum atomic E-state index is 4.09. The van der Waals surface area contributed by atoms with E-state index in [1.54, 1.807) is 0 Å². The Labute approximate surface area is 127 Å². The van der Waals surface area contributed by atoms with Gasteiger partial charge in [0, 0.05) is 43.3 Å². The number of piperidine rings is 1. The minimum Gasteiger partial charge on any atom is -0.371 e. The second kappa shape index (κ2) is 6.72. The van der Waals surface area contributed by atoms with E-state index in [-0.39, 0.29) is 0 Å². The molecule has 1 aromatic heterocycles. The van der Waals surface area contributed by atoms with Crippen LogP contribution in [0.3, 0.4) is 0 Å². The summed E-state index contributed by atoms with van der Waals surface area (Å²) in [6, 6.07) is 15.9. The predicted molar refractivity (Wildman–Crippen MR) is 87.5 cm³/mol. The molecule has 2 aromatic rings. The summed E-state index contributed by atoms with van der Waals surface area (Å²) in [6.07, 6.45) is 6.13. The second-order valence-electron chi connectivity index (χ2n) is 5.77. The van der Waals surface area contributed by atoms with E-state index in [4.69, 9.17) is 0 Å². The number of pyridine rings is 1. The standard InChI is InChI=1S/C18H23N3/c1-15(16-5-3-2-4-6-16)20-17-9-13-21(14-10-17)18-7-11-19-12-8-18/h2-8,11-12,15,17,20H,9-10,13-14H2,1H3. The minimum absolute atomic E-state index is 0.420. The van der Waals surface area contributed by atoms with Gasteiger partial charge >= 0.3 is 0 Å². The lowest BCUT2D eigenvalue weighted by atomic mass is 10.0. The molecule has 1 aliphatic heterocycles. The summed E-state index contributed by atoms with van der Waals surface area (Å²) in [6.45, 7) is 4.48. The Balaban J connectivity index is 1.52. The van der Waals surface area contributed by atoms with Crippen LogP contribution in [0.25, 0.3) is 0 Å². The van der Waals surface area contributed by atoms with Gasteiger partial charge in [-0.15, -0.1) is 0 Å². The van der Waals surface area contributed by atoms with Crippen molar-refractivity contribution in [3.63, 3.8) is 0 Å². The van der Waals surface area contributed by atoms with Crippen molar-refractivity contribution < 1.29 is 0 Å². The molecule has 1 aliphatic rings. The van der Waals surface area contributed by atoms with E-state index in [1.807, 2.05) is 12.4 Å². The first-order valence-corrected chi connectivity index (χ1v) is 7.79. The molecule has 1 aromatic carbocycles. The van der Waals surface area contributed by atoms with E-state index in [9.17, 15) is 0 Å². The van der Waals surface area contributed by atoms with Gasteiger partial charge < -0.3 is 10.2 Å². The van der Waals surface area contributed by atoms with Crippen LogP contribution >= 0.6 is 0 Å². The summed E-state index contributed by atoms with van der Waals surface area (Å²) < 4.78 is 0. The van der Waals surface area contributed by atoms with Gasteiger partial charge in [-0.25, -0.2) is 0 Å². The Hall–Kier alpha value is -1.87. The Kier molecular flexibility index (Phi) is 4.51. The fourth-order valence-corrected chi connectivity index (χ4v) is 3.05. The molecule has 3 nitrogen and oxygen atoms in total. The highest BCUT2D eigenvalue weighted by atomic mass is 15.1. The number of anilines is 1. The number of benzene rings is 1. The summed E-state index contributed by atoms with van der Waals surface area (Å²) in [5.74, 6) is 0. The number of nitrogens with one attached hydrogen (secondary N) is 1. The molecule has 1 atom stereocenters. The fraction of sp³-hybridized carbons (Fsp3) is 0.389. The smallest absolute Gasteiger partial charge is 0.0397 e. The quantitative estimate of drug-likeness (QED) is 0.931. The van der Waals surface area contributed by atoms with Gasteiger partial charge in [-0.2, -0.15) is 0 Å². The Morgan fingerprint density at radius 2 is 1.71 bits per heavy atom.